The first-order chi connectivity index (χ1) is 9.57. The average Bonchev–Trinajstić information content (AvgIpc) is 2.71. The minimum atomic E-state index is -5.72. The molecule has 0 bridgehead atoms. The van der Waals surface area contributed by atoms with Crippen LogP contribution in [0, 0.1) is 5.41 Å². The summed E-state index contributed by atoms with van der Waals surface area (Å²) in [7, 11) is -5.72. The van der Waals surface area contributed by atoms with E-state index < -0.39 is 33.4 Å². The van der Waals surface area contributed by atoms with Crippen molar-refractivity contribution in [2.75, 3.05) is 13.1 Å². The van der Waals surface area contributed by atoms with Crippen molar-refractivity contribution in [2.24, 2.45) is 5.41 Å². The van der Waals surface area contributed by atoms with E-state index in [9.17, 15) is 26.4 Å². The van der Waals surface area contributed by atoms with Crippen molar-refractivity contribution in [2.45, 2.75) is 24.6 Å². The summed E-state index contributed by atoms with van der Waals surface area (Å²) in [6.07, 6.45) is 0.678. The van der Waals surface area contributed by atoms with E-state index >= 15 is 0 Å². The molecule has 2 rings (SSSR count). The lowest BCUT2D eigenvalue weighted by Gasteiger charge is -2.40. The SMILES string of the molecule is O=C(O)N1CCC2(C=CNC2OS(=O)(=O)C(F)(F)F)CC1. The molecule has 1 unspecified atom stereocenters. The van der Waals surface area contributed by atoms with Crippen molar-refractivity contribution in [3.05, 3.63) is 12.3 Å². The number of carbonyl (C=O) groups is 1. The first-order valence-corrected chi connectivity index (χ1v) is 7.39. The molecular weight excluding hydrogens is 317 g/mol. The van der Waals surface area contributed by atoms with Crippen LogP contribution in [0.4, 0.5) is 18.0 Å². The highest BCUT2D eigenvalue weighted by Gasteiger charge is 2.53. The van der Waals surface area contributed by atoms with Crippen molar-refractivity contribution >= 4 is 16.2 Å². The number of halogens is 3. The minimum Gasteiger partial charge on any atom is -0.465 e. The highest BCUT2D eigenvalue weighted by molar-refractivity contribution is 7.87. The third kappa shape index (κ3) is 2.93. The molecule has 2 heterocycles. The molecule has 11 heteroatoms. The van der Waals surface area contributed by atoms with Crippen LogP contribution in [0.1, 0.15) is 12.8 Å². The van der Waals surface area contributed by atoms with Gasteiger partial charge in [0.1, 0.15) is 0 Å². The Kier molecular flexibility index (Phi) is 3.82. The van der Waals surface area contributed by atoms with Crippen molar-refractivity contribution in [1.29, 1.82) is 0 Å². The molecule has 1 spiro atoms. The molecule has 1 saturated heterocycles. The molecular formula is C10H13F3N2O5S. The van der Waals surface area contributed by atoms with Crippen molar-refractivity contribution in [1.82, 2.24) is 10.2 Å². The van der Waals surface area contributed by atoms with Gasteiger partial charge in [-0.05, 0) is 19.0 Å². The van der Waals surface area contributed by atoms with Gasteiger partial charge in [-0.25, -0.2) is 8.98 Å². The number of hydrogen-bond acceptors (Lipinski definition) is 5. The van der Waals surface area contributed by atoms with Crippen LogP contribution in [0.15, 0.2) is 12.3 Å². The molecule has 0 aromatic rings. The summed E-state index contributed by atoms with van der Waals surface area (Å²) in [5.74, 6) is 0. The van der Waals surface area contributed by atoms with Crippen LogP contribution in [0.5, 0.6) is 0 Å². The molecule has 0 radical (unpaired) electrons. The molecule has 1 atom stereocenters. The lowest BCUT2D eigenvalue weighted by atomic mass is 9.78. The van der Waals surface area contributed by atoms with E-state index in [1.165, 1.54) is 12.3 Å². The van der Waals surface area contributed by atoms with Crippen LogP contribution in [0.25, 0.3) is 0 Å². The molecule has 7 nitrogen and oxygen atoms in total. The third-order valence-electron chi connectivity index (χ3n) is 3.66. The van der Waals surface area contributed by atoms with Crippen LogP contribution in [-0.2, 0) is 14.3 Å². The van der Waals surface area contributed by atoms with Gasteiger partial charge < -0.3 is 15.3 Å². The summed E-state index contributed by atoms with van der Waals surface area (Å²) in [4.78, 5) is 11.9. The van der Waals surface area contributed by atoms with Gasteiger partial charge in [-0.15, -0.1) is 0 Å². The summed E-state index contributed by atoms with van der Waals surface area (Å²) in [5.41, 5.74) is -6.47. The van der Waals surface area contributed by atoms with Gasteiger partial charge in [0, 0.05) is 18.5 Å². The van der Waals surface area contributed by atoms with Gasteiger partial charge in [0.25, 0.3) is 0 Å². The Morgan fingerprint density at radius 3 is 2.43 bits per heavy atom. The summed E-state index contributed by atoms with van der Waals surface area (Å²) in [5, 5.41) is 11.3. The fourth-order valence-electron chi connectivity index (χ4n) is 2.40. The maximum absolute atomic E-state index is 12.4. The number of likely N-dealkylation sites (tertiary alicyclic amines) is 1. The van der Waals surface area contributed by atoms with Gasteiger partial charge in [0.05, 0.1) is 0 Å². The molecule has 2 aliphatic rings. The number of rotatable bonds is 2. The monoisotopic (exact) mass is 330 g/mol. The minimum absolute atomic E-state index is 0.0906. The maximum Gasteiger partial charge on any atom is 0.523 e. The van der Waals surface area contributed by atoms with E-state index in [4.69, 9.17) is 5.11 Å². The summed E-state index contributed by atoms with van der Waals surface area (Å²) >= 11 is 0. The first kappa shape index (κ1) is 15.9. The summed E-state index contributed by atoms with van der Waals surface area (Å²) in [6.45, 7) is 0.181. The Hall–Kier alpha value is -1.49. The zero-order chi connectivity index (χ0) is 15.9. The van der Waals surface area contributed by atoms with Crippen LogP contribution in [0.2, 0.25) is 0 Å². The predicted molar refractivity (Wildman–Crippen MR) is 63.4 cm³/mol. The van der Waals surface area contributed by atoms with E-state index in [-0.39, 0.29) is 25.9 Å². The first-order valence-electron chi connectivity index (χ1n) is 5.99. The van der Waals surface area contributed by atoms with E-state index in [0.717, 1.165) is 4.90 Å². The zero-order valence-electron chi connectivity index (χ0n) is 10.6. The van der Waals surface area contributed by atoms with Gasteiger partial charge >= 0.3 is 21.7 Å². The fraction of sp³-hybridized carbons (Fsp3) is 0.700. The molecule has 0 aromatic carbocycles. The molecule has 21 heavy (non-hydrogen) atoms. The van der Waals surface area contributed by atoms with Gasteiger partial charge in [-0.1, -0.05) is 6.08 Å². The van der Waals surface area contributed by atoms with Crippen LogP contribution in [0.3, 0.4) is 0 Å². The average molecular weight is 330 g/mol. The van der Waals surface area contributed by atoms with Gasteiger partial charge in [-0.2, -0.15) is 21.6 Å². The fourth-order valence-corrected chi connectivity index (χ4v) is 3.01. The second kappa shape index (κ2) is 5.05. The Balaban J connectivity index is 2.11. The lowest BCUT2D eigenvalue weighted by molar-refractivity contribution is -0.0650. The zero-order valence-corrected chi connectivity index (χ0v) is 11.4. The second-order valence-electron chi connectivity index (χ2n) is 4.88. The van der Waals surface area contributed by atoms with Crippen LogP contribution >= 0.6 is 0 Å². The van der Waals surface area contributed by atoms with Crippen molar-refractivity contribution in [3.63, 3.8) is 0 Å². The maximum atomic E-state index is 12.4. The number of nitrogens with one attached hydrogen (secondary N) is 1. The number of hydrogen-bond donors (Lipinski definition) is 2. The molecule has 1 amide bonds. The van der Waals surface area contributed by atoms with Crippen molar-refractivity contribution in [3.8, 4) is 0 Å². The molecule has 0 aliphatic carbocycles. The molecule has 120 valence electrons. The molecule has 2 aliphatic heterocycles. The van der Waals surface area contributed by atoms with Crippen LogP contribution in [-0.4, -0.2) is 49.3 Å². The van der Waals surface area contributed by atoms with Gasteiger partial charge in [0.15, 0.2) is 6.23 Å². The van der Waals surface area contributed by atoms with Gasteiger partial charge in [-0.3, -0.25) is 0 Å². The standard InChI is InChI=1S/C10H13F3N2O5S/c11-10(12,13)21(18,19)20-7-9(1-4-14-7)2-5-15(6-3-9)8(16)17/h1,4,7,14H,2-3,5-6H2,(H,16,17). The number of alkyl halides is 3. The predicted octanol–water partition coefficient (Wildman–Crippen LogP) is 1.06. The Morgan fingerprint density at radius 2 is 1.95 bits per heavy atom. The van der Waals surface area contributed by atoms with Crippen LogP contribution < -0.4 is 5.32 Å². The number of piperidine rings is 1. The highest BCUT2D eigenvalue weighted by atomic mass is 32.2. The number of nitrogens with zero attached hydrogens (tertiary/aromatic N) is 1. The van der Waals surface area contributed by atoms with E-state index in [1.807, 2.05) is 0 Å². The molecule has 2 N–H and O–H groups in total. The molecule has 0 saturated carbocycles. The largest absolute Gasteiger partial charge is 0.523 e. The second-order valence-corrected chi connectivity index (χ2v) is 6.44. The lowest BCUT2D eigenvalue weighted by Crippen LogP contribution is -2.50. The highest BCUT2D eigenvalue weighted by Crippen LogP contribution is 2.41. The smallest absolute Gasteiger partial charge is 0.465 e. The van der Waals surface area contributed by atoms with Crippen molar-refractivity contribution < 1.29 is 35.7 Å². The topological polar surface area (TPSA) is 95.9 Å². The quantitative estimate of drug-likeness (QED) is 0.580. The van der Waals surface area contributed by atoms with E-state index in [0.29, 0.717) is 0 Å². The Labute approximate surface area is 118 Å². The number of carboxylic acid groups (broad SMARTS) is 1. The Bertz CT molecular complexity index is 552. The van der Waals surface area contributed by atoms with Gasteiger partial charge in [0.2, 0.25) is 0 Å². The number of amides is 1. The normalized spacial score (nSPS) is 25.1. The van der Waals surface area contributed by atoms with E-state index in [1.54, 1.807) is 0 Å². The summed E-state index contributed by atoms with van der Waals surface area (Å²) in [6, 6.07) is 0. The third-order valence-corrected chi connectivity index (χ3v) is 4.67. The Morgan fingerprint density at radius 1 is 1.38 bits per heavy atom. The van der Waals surface area contributed by atoms with E-state index in [2.05, 4.69) is 9.50 Å². The molecule has 0 aromatic heterocycles. The summed E-state index contributed by atoms with van der Waals surface area (Å²) < 4.78 is 63.5. The molecule has 1 fully saturated rings.